The highest BCUT2D eigenvalue weighted by atomic mass is 19.4. The predicted molar refractivity (Wildman–Crippen MR) is 71.3 cm³/mol. The second kappa shape index (κ2) is 5.77. The average Bonchev–Trinajstić information content (AvgIpc) is 2.99. The van der Waals surface area contributed by atoms with Crippen LogP contribution in [0, 0.1) is 11.8 Å². The lowest BCUT2D eigenvalue weighted by molar-refractivity contribution is -0.457. The molecule has 0 aliphatic heterocycles. The number of carbonyl (C=O) groups excluding carboxylic acids is 1. The molecule has 1 fully saturated rings. The standard InChI is InChI=1S/C15H15F9O3/c1-10(2,3)26-9(25)12(18,19)14(21,22)15(23,24)27-13(20)8-5-4-7(6-8)11(13,16)17/h4-5,7-8H,6H2,1-3H3. The van der Waals surface area contributed by atoms with Gasteiger partial charge < -0.3 is 4.74 Å². The van der Waals surface area contributed by atoms with E-state index >= 15 is 0 Å². The number of hydrogen-bond acceptors (Lipinski definition) is 3. The van der Waals surface area contributed by atoms with Gasteiger partial charge in [-0.1, -0.05) is 12.2 Å². The van der Waals surface area contributed by atoms with Gasteiger partial charge in [-0.3, -0.25) is 4.74 Å². The van der Waals surface area contributed by atoms with Crippen LogP contribution >= 0.6 is 0 Å². The molecule has 1 saturated carbocycles. The normalized spacial score (nSPS) is 30.7. The number of halogens is 9. The minimum Gasteiger partial charge on any atom is -0.455 e. The summed E-state index contributed by atoms with van der Waals surface area (Å²) in [5.41, 5.74) is -1.75. The molecular formula is C15H15F9O3. The van der Waals surface area contributed by atoms with E-state index in [0.29, 0.717) is 6.08 Å². The van der Waals surface area contributed by atoms with Crippen LogP contribution in [0.1, 0.15) is 27.2 Å². The molecule has 156 valence electrons. The molecule has 2 rings (SSSR count). The van der Waals surface area contributed by atoms with E-state index in [1.165, 1.54) is 0 Å². The number of alkyl halides is 9. The van der Waals surface area contributed by atoms with E-state index < -0.39 is 59.6 Å². The van der Waals surface area contributed by atoms with Gasteiger partial charge in [-0.2, -0.15) is 35.1 Å². The SMILES string of the molecule is CC(C)(C)OC(=O)C(F)(F)C(F)(F)C(F)(F)OC1(F)C2C=CC(C2)C1(F)F. The molecule has 2 aliphatic carbocycles. The van der Waals surface area contributed by atoms with Crippen molar-refractivity contribution in [3.05, 3.63) is 12.2 Å². The molecule has 0 aromatic rings. The van der Waals surface area contributed by atoms with Gasteiger partial charge in [0.2, 0.25) is 0 Å². The third-order valence-electron chi connectivity index (χ3n) is 4.17. The Hall–Kier alpha value is -1.46. The molecule has 0 radical (unpaired) electrons. The maximum Gasteiger partial charge on any atom is 0.429 e. The molecule has 0 heterocycles. The number of hydrogen-bond donors (Lipinski definition) is 0. The lowest BCUT2D eigenvalue weighted by Crippen LogP contribution is -2.64. The molecule has 2 bridgehead atoms. The Balaban J connectivity index is 2.34. The summed E-state index contributed by atoms with van der Waals surface area (Å²) in [6.45, 7) is 2.98. The molecule has 0 aromatic carbocycles. The van der Waals surface area contributed by atoms with Crippen molar-refractivity contribution >= 4 is 5.97 Å². The second-order valence-electron chi connectivity index (χ2n) is 7.37. The third-order valence-corrected chi connectivity index (χ3v) is 4.17. The summed E-state index contributed by atoms with van der Waals surface area (Å²) in [4.78, 5) is 11.3. The number of esters is 1. The molecule has 2 aliphatic rings. The summed E-state index contributed by atoms with van der Waals surface area (Å²) in [5, 5.41) is 0. The van der Waals surface area contributed by atoms with Crippen molar-refractivity contribution in [2.45, 2.75) is 62.5 Å². The van der Waals surface area contributed by atoms with Crippen molar-refractivity contribution < 1.29 is 53.8 Å². The smallest absolute Gasteiger partial charge is 0.429 e. The highest BCUT2D eigenvalue weighted by molar-refractivity contribution is 5.79. The van der Waals surface area contributed by atoms with Gasteiger partial charge in [-0.05, 0) is 27.2 Å². The lowest BCUT2D eigenvalue weighted by Gasteiger charge is -2.39. The van der Waals surface area contributed by atoms with Gasteiger partial charge in [0.25, 0.3) is 5.85 Å². The van der Waals surface area contributed by atoms with E-state index in [4.69, 9.17) is 0 Å². The maximum atomic E-state index is 14.5. The van der Waals surface area contributed by atoms with E-state index in [1.807, 2.05) is 0 Å². The zero-order valence-corrected chi connectivity index (χ0v) is 14.1. The quantitative estimate of drug-likeness (QED) is 0.371. The second-order valence-corrected chi connectivity index (χ2v) is 7.37. The predicted octanol–water partition coefficient (Wildman–Crippen LogP) is 4.72. The van der Waals surface area contributed by atoms with Crippen LogP contribution in [0.15, 0.2) is 12.2 Å². The van der Waals surface area contributed by atoms with E-state index in [2.05, 4.69) is 9.47 Å². The van der Waals surface area contributed by atoms with E-state index in [0.717, 1.165) is 26.8 Å². The largest absolute Gasteiger partial charge is 0.455 e. The Bertz CT molecular complexity index is 653. The Morgan fingerprint density at radius 3 is 1.85 bits per heavy atom. The van der Waals surface area contributed by atoms with Crippen LogP contribution < -0.4 is 0 Å². The Morgan fingerprint density at radius 1 is 0.963 bits per heavy atom. The average molecular weight is 414 g/mol. The summed E-state index contributed by atoms with van der Waals surface area (Å²) in [5.74, 6) is -29.2. The number of ether oxygens (including phenoxy) is 2. The first kappa shape index (κ1) is 21.8. The van der Waals surface area contributed by atoms with Gasteiger partial charge in [0.05, 0.1) is 0 Å². The molecule has 0 amide bonds. The molecule has 0 aromatic heterocycles. The summed E-state index contributed by atoms with van der Waals surface area (Å²) in [6, 6.07) is 0. The van der Waals surface area contributed by atoms with Crippen LogP contribution in [0.5, 0.6) is 0 Å². The van der Waals surface area contributed by atoms with E-state index in [-0.39, 0.29) is 0 Å². The first-order chi connectivity index (χ1) is 11.8. The summed E-state index contributed by atoms with van der Waals surface area (Å²) in [6.07, 6.45) is -5.68. The van der Waals surface area contributed by atoms with E-state index in [9.17, 15) is 44.3 Å². The van der Waals surface area contributed by atoms with Crippen LogP contribution in [-0.2, 0) is 14.3 Å². The number of fused-ring (bicyclic) bond motifs is 2. The molecular weight excluding hydrogens is 399 g/mol. The van der Waals surface area contributed by atoms with Crippen molar-refractivity contribution in [1.29, 1.82) is 0 Å². The summed E-state index contributed by atoms with van der Waals surface area (Å²) >= 11 is 0. The molecule has 0 saturated heterocycles. The molecule has 27 heavy (non-hydrogen) atoms. The van der Waals surface area contributed by atoms with Gasteiger partial charge in [-0.25, -0.2) is 9.18 Å². The Labute approximate surface area is 147 Å². The van der Waals surface area contributed by atoms with Crippen molar-refractivity contribution in [3.63, 3.8) is 0 Å². The van der Waals surface area contributed by atoms with Gasteiger partial charge in [0.15, 0.2) is 0 Å². The van der Waals surface area contributed by atoms with Crippen LogP contribution in [-0.4, -0.2) is 41.3 Å². The minimum atomic E-state index is -6.68. The Kier molecular flexibility index (Phi) is 4.67. The maximum absolute atomic E-state index is 14.5. The zero-order chi connectivity index (χ0) is 21.3. The molecule has 12 heteroatoms. The van der Waals surface area contributed by atoms with Crippen LogP contribution in [0.25, 0.3) is 0 Å². The summed E-state index contributed by atoms with van der Waals surface area (Å²) in [7, 11) is 0. The van der Waals surface area contributed by atoms with Gasteiger partial charge in [-0.15, -0.1) is 0 Å². The minimum absolute atomic E-state index is 0.711. The summed E-state index contributed by atoms with van der Waals surface area (Å²) < 4.78 is 132. The van der Waals surface area contributed by atoms with Crippen molar-refractivity contribution in [2.24, 2.45) is 11.8 Å². The first-order valence-corrected chi connectivity index (χ1v) is 7.62. The lowest BCUT2D eigenvalue weighted by atomic mass is 9.97. The van der Waals surface area contributed by atoms with Crippen molar-refractivity contribution in [3.8, 4) is 0 Å². The highest BCUT2D eigenvalue weighted by Crippen LogP contribution is 2.61. The van der Waals surface area contributed by atoms with Crippen LogP contribution in [0.2, 0.25) is 0 Å². The van der Waals surface area contributed by atoms with Crippen molar-refractivity contribution in [2.75, 3.05) is 0 Å². The first-order valence-electron chi connectivity index (χ1n) is 7.62. The molecule has 3 atom stereocenters. The molecule has 3 unspecified atom stereocenters. The van der Waals surface area contributed by atoms with Gasteiger partial charge in [0, 0.05) is 11.8 Å². The van der Waals surface area contributed by atoms with E-state index in [1.54, 1.807) is 0 Å². The number of rotatable bonds is 5. The van der Waals surface area contributed by atoms with Crippen LogP contribution in [0.4, 0.5) is 39.5 Å². The number of allylic oxidation sites excluding steroid dienone is 1. The monoisotopic (exact) mass is 414 g/mol. The third kappa shape index (κ3) is 3.09. The van der Waals surface area contributed by atoms with Crippen molar-refractivity contribution in [1.82, 2.24) is 0 Å². The zero-order valence-electron chi connectivity index (χ0n) is 14.1. The molecule has 0 spiro atoms. The van der Waals surface area contributed by atoms with Gasteiger partial charge in [0.1, 0.15) is 5.60 Å². The highest BCUT2D eigenvalue weighted by Gasteiger charge is 2.82. The number of carbonyl (C=O) groups is 1. The fourth-order valence-electron chi connectivity index (χ4n) is 2.79. The molecule has 3 nitrogen and oxygen atoms in total. The molecule has 0 N–H and O–H groups in total. The Morgan fingerprint density at radius 2 is 1.44 bits per heavy atom. The fraction of sp³-hybridized carbons (Fsp3) is 0.800. The van der Waals surface area contributed by atoms with Crippen LogP contribution in [0.3, 0.4) is 0 Å². The van der Waals surface area contributed by atoms with Gasteiger partial charge >= 0.3 is 29.8 Å². The fourth-order valence-corrected chi connectivity index (χ4v) is 2.79. The topological polar surface area (TPSA) is 35.5 Å².